The number of aromatic nitrogens is 2. The van der Waals surface area contributed by atoms with E-state index in [2.05, 4.69) is 60.1 Å². The Hall–Kier alpha value is -2.19. The smallest absolute Gasteiger partial charge is 0.119 e. The van der Waals surface area contributed by atoms with Gasteiger partial charge in [0.15, 0.2) is 0 Å². The van der Waals surface area contributed by atoms with Gasteiger partial charge in [-0.25, -0.2) is 0 Å². The van der Waals surface area contributed by atoms with E-state index in [1.165, 1.54) is 16.3 Å². The highest BCUT2D eigenvalue weighted by molar-refractivity contribution is 6.35. The first kappa shape index (κ1) is 12.5. The molecular formula is C18H15ClN2. The van der Waals surface area contributed by atoms with Crippen LogP contribution in [0.15, 0.2) is 54.6 Å². The SMILES string of the molecule is Cn1c(-c2c(Cl)n(C)c3ccccc23)cc2ccccc21. The molecule has 0 saturated carbocycles. The van der Waals surface area contributed by atoms with Crippen molar-refractivity contribution in [2.24, 2.45) is 14.1 Å². The predicted molar refractivity (Wildman–Crippen MR) is 89.8 cm³/mol. The topological polar surface area (TPSA) is 9.86 Å². The van der Waals surface area contributed by atoms with Gasteiger partial charge in [-0.2, -0.15) is 0 Å². The lowest BCUT2D eigenvalue weighted by Crippen LogP contribution is -1.91. The number of halogens is 1. The summed E-state index contributed by atoms with van der Waals surface area (Å²) in [5.41, 5.74) is 4.63. The molecule has 0 aliphatic rings. The van der Waals surface area contributed by atoms with Gasteiger partial charge in [0, 0.05) is 41.5 Å². The fourth-order valence-corrected chi connectivity index (χ4v) is 3.42. The van der Waals surface area contributed by atoms with Crippen LogP contribution >= 0.6 is 11.6 Å². The molecule has 2 aromatic heterocycles. The molecule has 0 unspecified atom stereocenters. The lowest BCUT2D eigenvalue weighted by Gasteiger charge is -2.04. The number of fused-ring (bicyclic) bond motifs is 2. The monoisotopic (exact) mass is 294 g/mol. The average Bonchev–Trinajstić information content (AvgIpc) is 2.96. The molecule has 3 heteroatoms. The van der Waals surface area contributed by atoms with E-state index in [9.17, 15) is 0 Å². The molecule has 2 nitrogen and oxygen atoms in total. The Kier molecular flexibility index (Phi) is 2.63. The van der Waals surface area contributed by atoms with Crippen LogP contribution in [-0.2, 0) is 14.1 Å². The summed E-state index contributed by atoms with van der Waals surface area (Å²) in [5.74, 6) is 0. The first-order chi connectivity index (χ1) is 10.2. The van der Waals surface area contributed by atoms with Crippen molar-refractivity contribution in [3.8, 4) is 11.3 Å². The zero-order valence-corrected chi connectivity index (χ0v) is 12.7. The molecular weight excluding hydrogens is 280 g/mol. The largest absolute Gasteiger partial charge is 0.344 e. The van der Waals surface area contributed by atoms with Gasteiger partial charge < -0.3 is 9.13 Å². The number of benzene rings is 2. The van der Waals surface area contributed by atoms with Crippen LogP contribution in [0, 0.1) is 0 Å². The van der Waals surface area contributed by atoms with Crippen LogP contribution in [0.3, 0.4) is 0 Å². The summed E-state index contributed by atoms with van der Waals surface area (Å²) in [5, 5.41) is 3.21. The van der Waals surface area contributed by atoms with E-state index in [-0.39, 0.29) is 0 Å². The van der Waals surface area contributed by atoms with Gasteiger partial charge in [-0.1, -0.05) is 48.0 Å². The minimum Gasteiger partial charge on any atom is -0.344 e. The summed E-state index contributed by atoms with van der Waals surface area (Å²) in [4.78, 5) is 0. The maximum atomic E-state index is 6.62. The van der Waals surface area contributed by atoms with E-state index >= 15 is 0 Å². The highest BCUT2D eigenvalue weighted by Gasteiger charge is 2.18. The minimum atomic E-state index is 0.780. The Morgan fingerprint density at radius 2 is 1.48 bits per heavy atom. The minimum absolute atomic E-state index is 0.780. The molecule has 0 aliphatic carbocycles. The maximum Gasteiger partial charge on any atom is 0.119 e. The third-order valence-electron chi connectivity index (χ3n) is 4.24. The normalized spacial score (nSPS) is 11.6. The van der Waals surface area contributed by atoms with Crippen LogP contribution in [-0.4, -0.2) is 9.13 Å². The third-order valence-corrected chi connectivity index (χ3v) is 4.69. The molecule has 0 aliphatic heterocycles. The first-order valence-electron chi connectivity index (χ1n) is 6.96. The number of hydrogen-bond donors (Lipinski definition) is 0. The van der Waals surface area contributed by atoms with Crippen molar-refractivity contribution >= 4 is 33.4 Å². The Labute approximate surface area is 128 Å². The number of aryl methyl sites for hydroxylation is 2. The summed E-state index contributed by atoms with van der Waals surface area (Å²) in [6, 6.07) is 19.0. The van der Waals surface area contributed by atoms with E-state index in [0.29, 0.717) is 0 Å². The molecule has 0 saturated heterocycles. The van der Waals surface area contributed by atoms with E-state index in [1.807, 2.05) is 17.7 Å². The van der Waals surface area contributed by atoms with E-state index < -0.39 is 0 Å². The summed E-state index contributed by atoms with van der Waals surface area (Å²) < 4.78 is 4.26. The Morgan fingerprint density at radius 1 is 0.810 bits per heavy atom. The second-order valence-electron chi connectivity index (χ2n) is 5.39. The van der Waals surface area contributed by atoms with Crippen molar-refractivity contribution in [3.63, 3.8) is 0 Å². The number of rotatable bonds is 1. The van der Waals surface area contributed by atoms with Crippen LogP contribution in [0.4, 0.5) is 0 Å². The molecule has 0 spiro atoms. The highest BCUT2D eigenvalue weighted by atomic mass is 35.5. The number of hydrogen-bond acceptors (Lipinski definition) is 0. The zero-order chi connectivity index (χ0) is 14.6. The van der Waals surface area contributed by atoms with Gasteiger partial charge in [-0.05, 0) is 18.2 Å². The lowest BCUT2D eigenvalue weighted by molar-refractivity contribution is 0.957. The van der Waals surface area contributed by atoms with Gasteiger partial charge in [0.1, 0.15) is 5.15 Å². The van der Waals surface area contributed by atoms with Crippen LogP contribution in [0.25, 0.3) is 33.1 Å². The molecule has 0 N–H and O–H groups in total. The average molecular weight is 295 g/mol. The molecule has 0 fully saturated rings. The van der Waals surface area contributed by atoms with E-state index in [4.69, 9.17) is 11.6 Å². The quantitative estimate of drug-likeness (QED) is 0.468. The molecule has 0 amide bonds. The van der Waals surface area contributed by atoms with Crippen LogP contribution in [0.5, 0.6) is 0 Å². The van der Waals surface area contributed by atoms with Crippen molar-refractivity contribution in [2.45, 2.75) is 0 Å². The van der Waals surface area contributed by atoms with Crippen molar-refractivity contribution < 1.29 is 0 Å². The first-order valence-corrected chi connectivity index (χ1v) is 7.34. The van der Waals surface area contributed by atoms with Gasteiger partial charge >= 0.3 is 0 Å². The molecule has 4 rings (SSSR count). The fourth-order valence-electron chi connectivity index (χ4n) is 3.13. The Balaban J connectivity index is 2.14. The molecule has 2 heterocycles. The fraction of sp³-hybridized carbons (Fsp3) is 0.111. The van der Waals surface area contributed by atoms with Crippen molar-refractivity contribution in [2.75, 3.05) is 0 Å². The Bertz CT molecular complexity index is 976. The number of para-hydroxylation sites is 2. The van der Waals surface area contributed by atoms with Crippen LogP contribution in [0.1, 0.15) is 0 Å². The van der Waals surface area contributed by atoms with Crippen LogP contribution in [0.2, 0.25) is 5.15 Å². The molecule has 4 aromatic rings. The second-order valence-corrected chi connectivity index (χ2v) is 5.75. The lowest BCUT2D eigenvalue weighted by atomic mass is 10.1. The van der Waals surface area contributed by atoms with Gasteiger partial charge in [0.2, 0.25) is 0 Å². The summed E-state index contributed by atoms with van der Waals surface area (Å²) in [6.45, 7) is 0. The van der Waals surface area contributed by atoms with Crippen molar-refractivity contribution in [3.05, 3.63) is 59.8 Å². The third kappa shape index (κ3) is 1.66. The molecule has 21 heavy (non-hydrogen) atoms. The van der Waals surface area contributed by atoms with Crippen molar-refractivity contribution in [1.82, 2.24) is 9.13 Å². The summed E-state index contributed by atoms with van der Waals surface area (Å²) in [7, 11) is 4.10. The molecule has 0 atom stereocenters. The Morgan fingerprint density at radius 3 is 2.24 bits per heavy atom. The van der Waals surface area contributed by atoms with Gasteiger partial charge in [-0.15, -0.1) is 0 Å². The zero-order valence-electron chi connectivity index (χ0n) is 12.0. The standard InChI is InChI=1S/C18H15ClN2/c1-20-14-9-5-3-7-12(14)11-16(20)17-13-8-4-6-10-15(13)21(2)18(17)19/h3-11H,1-2H3. The summed E-state index contributed by atoms with van der Waals surface area (Å²) >= 11 is 6.62. The van der Waals surface area contributed by atoms with E-state index in [1.54, 1.807) is 0 Å². The molecule has 104 valence electrons. The molecule has 2 aromatic carbocycles. The molecule has 0 bridgehead atoms. The molecule has 0 radical (unpaired) electrons. The van der Waals surface area contributed by atoms with Gasteiger partial charge in [-0.3, -0.25) is 0 Å². The predicted octanol–water partition coefficient (Wildman–Crippen LogP) is 4.99. The van der Waals surface area contributed by atoms with E-state index in [0.717, 1.165) is 21.9 Å². The maximum absolute atomic E-state index is 6.62. The highest BCUT2D eigenvalue weighted by Crippen LogP contribution is 2.39. The van der Waals surface area contributed by atoms with Crippen LogP contribution < -0.4 is 0 Å². The second kappa shape index (κ2) is 4.40. The summed E-state index contributed by atoms with van der Waals surface area (Å²) in [6.07, 6.45) is 0. The van der Waals surface area contributed by atoms with Crippen molar-refractivity contribution in [1.29, 1.82) is 0 Å². The number of nitrogens with zero attached hydrogens (tertiary/aromatic N) is 2. The van der Waals surface area contributed by atoms with Gasteiger partial charge in [0.05, 0.1) is 5.69 Å². The van der Waals surface area contributed by atoms with Gasteiger partial charge in [0.25, 0.3) is 0 Å².